The maximum absolute atomic E-state index is 5.63. The molecule has 1 aliphatic rings. The highest BCUT2D eigenvalue weighted by molar-refractivity contribution is 6.73. The van der Waals surface area contributed by atoms with Crippen molar-refractivity contribution in [2.75, 3.05) is 41.2 Å². The summed E-state index contributed by atoms with van der Waals surface area (Å²) in [6.07, 6.45) is 1.39. The highest BCUT2D eigenvalue weighted by Crippen LogP contribution is 2.27. The summed E-state index contributed by atoms with van der Waals surface area (Å²) in [5.74, 6) is 0. The van der Waals surface area contributed by atoms with Gasteiger partial charge in [0.15, 0.2) is 29.3 Å². The van der Waals surface area contributed by atoms with Crippen LogP contribution in [-0.2, 0) is 22.8 Å². The zero-order valence-corrected chi connectivity index (χ0v) is 15.3. The van der Waals surface area contributed by atoms with Crippen LogP contribution < -0.4 is 0 Å². The summed E-state index contributed by atoms with van der Waals surface area (Å²) >= 11 is 0. The third kappa shape index (κ3) is 6.25. The molecule has 0 bridgehead atoms. The molecule has 0 spiro atoms. The molecule has 1 heterocycles. The smallest absolute Gasteiger partial charge is 0.165 e. The van der Waals surface area contributed by atoms with Crippen LogP contribution in [0.5, 0.6) is 0 Å². The molecule has 0 radical (unpaired) electrons. The summed E-state index contributed by atoms with van der Waals surface area (Å²) in [6.45, 7) is 2.37. The molecule has 0 saturated carbocycles. The van der Waals surface area contributed by atoms with E-state index in [-0.39, 0.29) is 0 Å². The van der Waals surface area contributed by atoms with E-state index in [1.165, 1.54) is 0 Å². The van der Waals surface area contributed by atoms with Crippen molar-refractivity contribution in [3.8, 4) is 0 Å². The molecular weight excluding hydrogens is 272 g/mol. The van der Waals surface area contributed by atoms with E-state index in [0.29, 0.717) is 10.4 Å². The monoisotopic (exact) mass is 296 g/mol. The van der Waals surface area contributed by atoms with Crippen molar-refractivity contribution < 1.29 is 22.8 Å². The van der Waals surface area contributed by atoms with E-state index in [2.05, 4.69) is 0 Å². The third-order valence-electron chi connectivity index (χ3n) is 2.83. The summed E-state index contributed by atoms with van der Waals surface area (Å²) in [6, 6.07) is 0. The molecule has 0 aromatic carbocycles. The minimum Gasteiger partial charge on any atom is -0.427 e. The van der Waals surface area contributed by atoms with Gasteiger partial charge in [-0.1, -0.05) is 0 Å². The van der Waals surface area contributed by atoms with E-state index in [0.717, 1.165) is 26.2 Å². The minimum atomic E-state index is -0.563. The number of ether oxygens (including phenoxy) is 2. The second-order valence-electron chi connectivity index (χ2n) is 4.58. The first-order chi connectivity index (χ1) is 8.26. The second-order valence-corrected chi connectivity index (χ2v) is 14.7. The lowest BCUT2D eigenvalue weighted by Crippen LogP contribution is -2.38. The summed E-state index contributed by atoms with van der Waals surface area (Å²) < 4.78 is 27.4. The Labute approximate surface area is 110 Å². The Kier molecular flexibility index (Phi) is 7.79. The topological polar surface area (TPSA) is 49.5 Å². The maximum atomic E-state index is 5.63. The first kappa shape index (κ1) is 15.5. The molecule has 1 aliphatic heterocycles. The van der Waals surface area contributed by atoms with Crippen molar-refractivity contribution in [2.45, 2.75) is 16.8 Å². The lowest BCUT2D eigenvalue weighted by Gasteiger charge is -2.29. The fraction of sp³-hybridized carbons (Fsp3) is 1.00. The molecule has 5 nitrogen and oxygen atoms in total. The quantitative estimate of drug-likeness (QED) is 0.252. The molecular formula is C9H24O5Si3. The lowest BCUT2D eigenvalue weighted by atomic mass is 10.5. The molecule has 1 fully saturated rings. The van der Waals surface area contributed by atoms with E-state index in [1.807, 2.05) is 0 Å². The number of rotatable bonds is 11. The SMILES string of the molecule is CO[SiH2]C(CCOCC1CO1)([SiH2]OC)[SiH2]OC. The molecule has 102 valence electrons. The van der Waals surface area contributed by atoms with Gasteiger partial charge in [0.1, 0.15) is 6.10 Å². The van der Waals surface area contributed by atoms with Crippen LogP contribution in [0.2, 0.25) is 4.28 Å². The van der Waals surface area contributed by atoms with Crippen LogP contribution >= 0.6 is 0 Å². The van der Waals surface area contributed by atoms with Crippen LogP contribution in [0.25, 0.3) is 0 Å². The van der Waals surface area contributed by atoms with E-state index in [1.54, 1.807) is 21.3 Å². The Morgan fingerprint density at radius 1 is 1.12 bits per heavy atom. The standard InChI is InChI=1S/C9H24O5Si3/c1-10-15-9(16-11-2,17-12-3)4-5-13-6-8-7-14-8/h8H,4-7,15-17H2,1-3H3. The summed E-state index contributed by atoms with van der Waals surface area (Å²) in [7, 11) is 3.71. The molecule has 0 aromatic rings. The normalized spacial score (nSPS) is 24.5. The molecule has 1 atom stereocenters. The zero-order valence-electron chi connectivity index (χ0n) is 11.1. The van der Waals surface area contributed by atoms with Crippen LogP contribution in [-0.4, -0.2) is 76.5 Å². The van der Waals surface area contributed by atoms with Crippen molar-refractivity contribution >= 4 is 29.3 Å². The minimum absolute atomic E-state index is 0.294. The molecule has 0 aromatic heterocycles. The van der Waals surface area contributed by atoms with Gasteiger partial charge in [-0.15, -0.1) is 0 Å². The van der Waals surface area contributed by atoms with Gasteiger partial charge in [-0.3, -0.25) is 0 Å². The Morgan fingerprint density at radius 3 is 2.06 bits per heavy atom. The van der Waals surface area contributed by atoms with Gasteiger partial charge in [0, 0.05) is 32.2 Å². The Bertz CT molecular complexity index is 186. The van der Waals surface area contributed by atoms with Gasteiger partial charge in [0.05, 0.1) is 13.2 Å². The summed E-state index contributed by atoms with van der Waals surface area (Å²) in [4.78, 5) is 0. The molecule has 0 N–H and O–H groups in total. The summed E-state index contributed by atoms with van der Waals surface area (Å²) in [5, 5.41) is 0. The molecule has 1 rings (SSSR count). The van der Waals surface area contributed by atoms with Crippen molar-refractivity contribution in [1.82, 2.24) is 0 Å². The molecule has 0 amide bonds. The number of hydrogen-bond acceptors (Lipinski definition) is 5. The molecule has 8 heteroatoms. The first-order valence-electron chi connectivity index (χ1n) is 5.92. The van der Waals surface area contributed by atoms with Crippen LogP contribution in [0.15, 0.2) is 0 Å². The van der Waals surface area contributed by atoms with E-state index >= 15 is 0 Å². The Morgan fingerprint density at radius 2 is 1.65 bits per heavy atom. The molecule has 1 saturated heterocycles. The zero-order chi connectivity index (χ0) is 12.6. The van der Waals surface area contributed by atoms with Crippen molar-refractivity contribution in [1.29, 1.82) is 0 Å². The number of epoxide rings is 1. The van der Waals surface area contributed by atoms with Crippen LogP contribution in [0.1, 0.15) is 6.42 Å². The lowest BCUT2D eigenvalue weighted by molar-refractivity contribution is 0.112. The van der Waals surface area contributed by atoms with Crippen molar-refractivity contribution in [2.24, 2.45) is 0 Å². The largest absolute Gasteiger partial charge is 0.427 e. The van der Waals surface area contributed by atoms with Crippen LogP contribution in [0.4, 0.5) is 0 Å². The molecule has 17 heavy (non-hydrogen) atoms. The van der Waals surface area contributed by atoms with E-state index in [9.17, 15) is 0 Å². The highest BCUT2D eigenvalue weighted by Gasteiger charge is 2.33. The van der Waals surface area contributed by atoms with Crippen LogP contribution in [0, 0.1) is 0 Å². The van der Waals surface area contributed by atoms with Gasteiger partial charge in [-0.25, -0.2) is 0 Å². The fourth-order valence-corrected chi connectivity index (χ4v) is 9.31. The highest BCUT2D eigenvalue weighted by atomic mass is 28.4. The van der Waals surface area contributed by atoms with Gasteiger partial charge in [-0.2, -0.15) is 0 Å². The van der Waals surface area contributed by atoms with Gasteiger partial charge >= 0.3 is 0 Å². The predicted octanol–water partition coefficient (Wildman–Crippen LogP) is -1.94. The van der Waals surface area contributed by atoms with Crippen LogP contribution in [0.3, 0.4) is 0 Å². The average molecular weight is 297 g/mol. The van der Waals surface area contributed by atoms with Gasteiger partial charge in [-0.05, 0) is 6.42 Å². The fourth-order valence-electron chi connectivity index (χ4n) is 1.93. The van der Waals surface area contributed by atoms with Crippen molar-refractivity contribution in [3.63, 3.8) is 0 Å². The Hall–Kier alpha value is 0.451. The first-order valence-corrected chi connectivity index (χ1v) is 9.78. The maximum Gasteiger partial charge on any atom is 0.165 e. The summed E-state index contributed by atoms with van der Waals surface area (Å²) in [5.41, 5.74) is 0. The van der Waals surface area contributed by atoms with Gasteiger partial charge < -0.3 is 22.8 Å². The molecule has 0 aliphatic carbocycles. The van der Waals surface area contributed by atoms with E-state index < -0.39 is 29.3 Å². The number of hydrogen-bond donors (Lipinski definition) is 0. The van der Waals surface area contributed by atoms with E-state index in [4.69, 9.17) is 22.8 Å². The van der Waals surface area contributed by atoms with Gasteiger partial charge in [0.2, 0.25) is 0 Å². The second kappa shape index (κ2) is 8.53. The van der Waals surface area contributed by atoms with Crippen molar-refractivity contribution in [3.05, 3.63) is 0 Å². The Balaban J connectivity index is 2.29. The predicted molar refractivity (Wildman–Crippen MR) is 74.5 cm³/mol. The molecule has 1 unspecified atom stereocenters. The third-order valence-corrected chi connectivity index (χ3v) is 10.3. The van der Waals surface area contributed by atoms with Gasteiger partial charge in [0.25, 0.3) is 0 Å². The average Bonchev–Trinajstić information content (AvgIpc) is 3.09.